The van der Waals surface area contributed by atoms with Gasteiger partial charge in [0, 0.05) is 4.88 Å². The minimum absolute atomic E-state index is 0.225. The lowest BCUT2D eigenvalue weighted by Gasteiger charge is -2.12. The number of hydrogen-bond donors (Lipinski definition) is 0. The zero-order chi connectivity index (χ0) is 13.2. The van der Waals surface area contributed by atoms with Gasteiger partial charge in [-0.05, 0) is 47.2 Å². The van der Waals surface area contributed by atoms with Gasteiger partial charge in [-0.1, -0.05) is 12.1 Å². The standard InChI is InChI=1S/C14H11ClO3S/c15-14(16)11(7-10-2-1-5-19-10)9-3-4-12-13(6-9)18-8-17-12/h1-6,11H,7-8H2. The zero-order valence-electron chi connectivity index (χ0n) is 9.97. The fourth-order valence-corrected chi connectivity index (χ4v) is 3.04. The maximum Gasteiger partial charge on any atom is 0.231 e. The van der Waals surface area contributed by atoms with Crippen LogP contribution in [0.4, 0.5) is 0 Å². The Morgan fingerprint density at radius 3 is 2.89 bits per heavy atom. The highest BCUT2D eigenvalue weighted by atomic mass is 35.5. The average molecular weight is 295 g/mol. The van der Waals surface area contributed by atoms with Crippen LogP contribution in [0.5, 0.6) is 11.5 Å². The van der Waals surface area contributed by atoms with E-state index in [9.17, 15) is 4.79 Å². The first-order valence-corrected chi connectivity index (χ1v) is 7.11. The Labute approximate surface area is 119 Å². The normalized spacial score (nSPS) is 14.4. The first-order valence-electron chi connectivity index (χ1n) is 5.85. The predicted molar refractivity (Wildman–Crippen MR) is 74.2 cm³/mol. The van der Waals surface area contributed by atoms with Crippen LogP contribution in [-0.2, 0) is 11.2 Å². The van der Waals surface area contributed by atoms with Gasteiger partial charge in [0.1, 0.15) is 0 Å². The van der Waals surface area contributed by atoms with E-state index >= 15 is 0 Å². The van der Waals surface area contributed by atoms with Gasteiger partial charge in [-0.25, -0.2) is 0 Å². The van der Waals surface area contributed by atoms with Crippen molar-refractivity contribution in [3.8, 4) is 11.5 Å². The highest BCUT2D eigenvalue weighted by Crippen LogP contribution is 2.36. The van der Waals surface area contributed by atoms with Gasteiger partial charge in [0.2, 0.25) is 12.0 Å². The first-order chi connectivity index (χ1) is 9.24. The molecule has 1 unspecified atom stereocenters. The molecule has 3 rings (SSSR count). The van der Waals surface area contributed by atoms with Crippen LogP contribution < -0.4 is 9.47 Å². The van der Waals surface area contributed by atoms with Gasteiger partial charge in [0.15, 0.2) is 11.5 Å². The van der Waals surface area contributed by atoms with Crippen molar-refractivity contribution in [1.82, 2.24) is 0 Å². The molecule has 3 nitrogen and oxygen atoms in total. The Kier molecular flexibility index (Phi) is 3.44. The second kappa shape index (κ2) is 5.23. The molecule has 1 atom stereocenters. The van der Waals surface area contributed by atoms with E-state index in [-0.39, 0.29) is 18.0 Å². The maximum atomic E-state index is 11.7. The summed E-state index contributed by atoms with van der Waals surface area (Å²) in [6.07, 6.45) is 0.611. The third-order valence-corrected chi connectivity index (χ3v) is 4.22. The van der Waals surface area contributed by atoms with Crippen LogP contribution in [0.3, 0.4) is 0 Å². The molecule has 19 heavy (non-hydrogen) atoms. The molecular formula is C14H11ClO3S. The van der Waals surface area contributed by atoms with Crippen molar-refractivity contribution in [2.75, 3.05) is 6.79 Å². The van der Waals surface area contributed by atoms with Gasteiger partial charge in [-0.15, -0.1) is 11.3 Å². The van der Waals surface area contributed by atoms with Crippen molar-refractivity contribution in [3.05, 3.63) is 46.2 Å². The van der Waals surface area contributed by atoms with Crippen LogP contribution in [0.2, 0.25) is 0 Å². The quantitative estimate of drug-likeness (QED) is 0.809. The van der Waals surface area contributed by atoms with Gasteiger partial charge in [0.25, 0.3) is 0 Å². The number of carbonyl (C=O) groups excluding carboxylic acids is 1. The van der Waals surface area contributed by atoms with Gasteiger partial charge in [-0.2, -0.15) is 0 Å². The summed E-state index contributed by atoms with van der Waals surface area (Å²) < 4.78 is 10.6. The van der Waals surface area contributed by atoms with Gasteiger partial charge in [0.05, 0.1) is 5.92 Å². The summed E-state index contributed by atoms with van der Waals surface area (Å²) in [5.41, 5.74) is 0.859. The van der Waals surface area contributed by atoms with Gasteiger partial charge in [-0.3, -0.25) is 4.79 Å². The molecule has 0 amide bonds. The minimum Gasteiger partial charge on any atom is -0.454 e. The molecular weight excluding hydrogens is 284 g/mol. The van der Waals surface area contributed by atoms with Crippen LogP contribution in [-0.4, -0.2) is 12.0 Å². The van der Waals surface area contributed by atoms with Crippen LogP contribution in [0.15, 0.2) is 35.7 Å². The van der Waals surface area contributed by atoms with E-state index in [0.29, 0.717) is 17.9 Å². The fraction of sp³-hybridized carbons (Fsp3) is 0.214. The largest absolute Gasteiger partial charge is 0.454 e. The molecule has 0 saturated heterocycles. The summed E-state index contributed by atoms with van der Waals surface area (Å²) in [6.45, 7) is 0.225. The topological polar surface area (TPSA) is 35.5 Å². The fourth-order valence-electron chi connectivity index (χ4n) is 2.09. The molecule has 0 saturated carbocycles. The number of thiophene rings is 1. The second-order valence-corrected chi connectivity index (χ2v) is 5.66. The molecule has 2 heterocycles. The van der Waals surface area contributed by atoms with Crippen molar-refractivity contribution in [2.45, 2.75) is 12.3 Å². The number of carbonyl (C=O) groups is 1. The van der Waals surface area contributed by atoms with E-state index in [1.54, 1.807) is 11.3 Å². The smallest absolute Gasteiger partial charge is 0.231 e. The van der Waals surface area contributed by atoms with Gasteiger partial charge >= 0.3 is 0 Å². The lowest BCUT2D eigenvalue weighted by atomic mass is 9.96. The van der Waals surface area contributed by atoms with Gasteiger partial charge < -0.3 is 9.47 Å². The van der Waals surface area contributed by atoms with E-state index in [1.807, 2.05) is 35.7 Å². The predicted octanol–water partition coefficient (Wildman–Crippen LogP) is 3.57. The monoisotopic (exact) mass is 294 g/mol. The summed E-state index contributed by atoms with van der Waals surface area (Å²) in [7, 11) is 0. The lowest BCUT2D eigenvalue weighted by Crippen LogP contribution is -2.09. The third kappa shape index (κ3) is 2.60. The van der Waals surface area contributed by atoms with Crippen LogP contribution >= 0.6 is 22.9 Å². The Balaban J connectivity index is 1.89. The maximum absolute atomic E-state index is 11.7. The first kappa shape index (κ1) is 12.5. The number of hydrogen-bond acceptors (Lipinski definition) is 4. The molecule has 0 radical (unpaired) electrons. The molecule has 1 aromatic heterocycles. The summed E-state index contributed by atoms with van der Waals surface area (Å²) in [5.74, 6) is 1.03. The van der Waals surface area contributed by atoms with Crippen molar-refractivity contribution >= 4 is 28.2 Å². The molecule has 0 N–H and O–H groups in total. The Morgan fingerprint density at radius 2 is 2.16 bits per heavy atom. The number of ether oxygens (including phenoxy) is 2. The van der Waals surface area contributed by atoms with E-state index in [2.05, 4.69) is 0 Å². The van der Waals surface area contributed by atoms with Crippen molar-refractivity contribution in [3.63, 3.8) is 0 Å². The Bertz CT molecular complexity index is 595. The second-order valence-electron chi connectivity index (χ2n) is 4.25. The van der Waals surface area contributed by atoms with Crippen LogP contribution in [0.25, 0.3) is 0 Å². The number of benzene rings is 1. The lowest BCUT2D eigenvalue weighted by molar-refractivity contribution is -0.113. The molecule has 0 fully saturated rings. The molecule has 1 aliphatic heterocycles. The molecule has 1 aromatic carbocycles. The minimum atomic E-state index is -0.354. The summed E-state index contributed by atoms with van der Waals surface area (Å²) in [4.78, 5) is 12.8. The Morgan fingerprint density at radius 1 is 1.32 bits per heavy atom. The summed E-state index contributed by atoms with van der Waals surface area (Å²) in [6, 6.07) is 9.49. The van der Waals surface area contributed by atoms with Crippen molar-refractivity contribution < 1.29 is 14.3 Å². The highest BCUT2D eigenvalue weighted by molar-refractivity contribution is 7.09. The third-order valence-electron chi connectivity index (χ3n) is 3.06. The molecule has 0 bridgehead atoms. The number of fused-ring (bicyclic) bond motifs is 1. The van der Waals surface area contributed by atoms with E-state index < -0.39 is 0 Å². The molecule has 2 aromatic rings. The van der Waals surface area contributed by atoms with Crippen LogP contribution in [0.1, 0.15) is 16.4 Å². The summed E-state index contributed by atoms with van der Waals surface area (Å²) in [5, 5.41) is 1.64. The highest BCUT2D eigenvalue weighted by Gasteiger charge is 2.23. The molecule has 98 valence electrons. The number of halogens is 1. The summed E-state index contributed by atoms with van der Waals surface area (Å²) >= 11 is 7.36. The Hall–Kier alpha value is -1.52. The van der Waals surface area contributed by atoms with E-state index in [4.69, 9.17) is 21.1 Å². The molecule has 1 aliphatic rings. The average Bonchev–Trinajstić information content (AvgIpc) is 3.05. The van der Waals surface area contributed by atoms with Crippen LogP contribution in [0, 0.1) is 0 Å². The SMILES string of the molecule is O=C(Cl)C(Cc1cccs1)c1ccc2c(c1)OCO2. The number of rotatable bonds is 4. The van der Waals surface area contributed by atoms with E-state index in [0.717, 1.165) is 10.4 Å². The van der Waals surface area contributed by atoms with Crippen molar-refractivity contribution in [2.24, 2.45) is 0 Å². The van der Waals surface area contributed by atoms with Crippen molar-refractivity contribution in [1.29, 1.82) is 0 Å². The molecule has 0 aliphatic carbocycles. The van der Waals surface area contributed by atoms with E-state index in [1.165, 1.54) is 0 Å². The zero-order valence-corrected chi connectivity index (χ0v) is 11.5. The molecule has 5 heteroatoms. The molecule has 0 spiro atoms.